The normalized spacial score (nSPS) is 11.2. The maximum atomic E-state index is 12.6. The highest BCUT2D eigenvalue weighted by atomic mass is 16.1. The molecule has 8 rings (SSSR count). The summed E-state index contributed by atoms with van der Waals surface area (Å²) in [7, 11) is 3.60. The zero-order valence-electron chi connectivity index (χ0n) is 26.6. The Balaban J connectivity index is 1.28. The molecule has 0 saturated carbocycles. The van der Waals surface area contributed by atoms with Crippen LogP contribution >= 0.6 is 0 Å². The van der Waals surface area contributed by atoms with Gasteiger partial charge in [-0.15, -0.1) is 0 Å². The van der Waals surface area contributed by atoms with Crippen LogP contribution in [0, 0.1) is 0 Å². The van der Waals surface area contributed by atoms with E-state index >= 15 is 0 Å². The molecule has 0 fully saturated rings. The Hall–Kier alpha value is -6.40. The fourth-order valence-electron chi connectivity index (χ4n) is 6.28. The molecule has 6 aromatic carbocycles. The van der Waals surface area contributed by atoms with Crippen molar-refractivity contribution in [3.05, 3.63) is 162 Å². The van der Waals surface area contributed by atoms with E-state index < -0.39 is 0 Å². The van der Waals surface area contributed by atoms with Crippen molar-refractivity contribution < 1.29 is 0 Å². The van der Waals surface area contributed by atoms with E-state index in [9.17, 15) is 4.79 Å². The first kappa shape index (κ1) is 29.0. The highest BCUT2D eigenvalue weighted by molar-refractivity contribution is 5.87. The van der Waals surface area contributed by atoms with Crippen LogP contribution in [0.3, 0.4) is 0 Å². The number of imidazole rings is 1. The van der Waals surface area contributed by atoms with Gasteiger partial charge in [-0.1, -0.05) is 127 Å². The Morgan fingerprint density at radius 2 is 0.833 bits per heavy atom. The van der Waals surface area contributed by atoms with E-state index in [0.29, 0.717) is 17.5 Å². The lowest BCUT2D eigenvalue weighted by atomic mass is 9.92. The van der Waals surface area contributed by atoms with E-state index in [0.717, 1.165) is 61.1 Å². The maximum Gasteiger partial charge on any atom is 0.328 e. The van der Waals surface area contributed by atoms with Gasteiger partial charge in [0.15, 0.2) is 17.5 Å². The quantitative estimate of drug-likeness (QED) is 0.186. The third-order valence-electron chi connectivity index (χ3n) is 8.84. The van der Waals surface area contributed by atoms with Crippen LogP contribution in [0.2, 0.25) is 0 Å². The number of nitrogens with zero attached hydrogens (tertiary/aromatic N) is 5. The number of benzene rings is 6. The second kappa shape index (κ2) is 12.1. The summed E-state index contributed by atoms with van der Waals surface area (Å²) in [6, 6.07) is 51.7. The van der Waals surface area contributed by atoms with Crippen molar-refractivity contribution in [2.75, 3.05) is 0 Å². The summed E-state index contributed by atoms with van der Waals surface area (Å²) in [5.74, 6) is 1.79. The molecular formula is C42H31N5O. The van der Waals surface area contributed by atoms with Gasteiger partial charge < -0.3 is 0 Å². The van der Waals surface area contributed by atoms with Crippen molar-refractivity contribution in [2.45, 2.75) is 0 Å². The van der Waals surface area contributed by atoms with Crippen LogP contribution in [-0.2, 0) is 14.1 Å². The summed E-state index contributed by atoms with van der Waals surface area (Å²) in [5, 5.41) is 0. The SMILES string of the molecule is Cn1c(=O)n(C)c2cc(-c3cccc(-c4nc(-c5ccccc5)nc(-c5ccc(-c6ccccc6)c(-c6ccccc6)c5)n4)c3)ccc21. The average molecular weight is 622 g/mol. The molecule has 8 aromatic rings. The average Bonchev–Trinajstić information content (AvgIpc) is 3.38. The summed E-state index contributed by atoms with van der Waals surface area (Å²) in [6.45, 7) is 0. The number of aromatic nitrogens is 5. The fraction of sp³-hybridized carbons (Fsp3) is 0.0476. The van der Waals surface area contributed by atoms with Crippen molar-refractivity contribution in [3.8, 4) is 67.5 Å². The molecule has 0 spiro atoms. The number of fused-ring (bicyclic) bond motifs is 1. The minimum atomic E-state index is -0.0470. The van der Waals surface area contributed by atoms with E-state index in [-0.39, 0.29) is 5.69 Å². The fourth-order valence-corrected chi connectivity index (χ4v) is 6.28. The summed E-state index contributed by atoms with van der Waals surface area (Å²) < 4.78 is 3.35. The third kappa shape index (κ3) is 5.29. The topological polar surface area (TPSA) is 65.6 Å². The first-order valence-electron chi connectivity index (χ1n) is 15.9. The third-order valence-corrected chi connectivity index (χ3v) is 8.84. The number of rotatable bonds is 6. The van der Waals surface area contributed by atoms with Gasteiger partial charge in [0.25, 0.3) is 0 Å². The predicted octanol–water partition coefficient (Wildman–Crippen LogP) is 9.06. The second-order valence-corrected chi connectivity index (χ2v) is 11.8. The minimum absolute atomic E-state index is 0.0470. The van der Waals surface area contributed by atoms with Crippen molar-refractivity contribution in [2.24, 2.45) is 14.1 Å². The van der Waals surface area contributed by atoms with Gasteiger partial charge in [-0.25, -0.2) is 19.7 Å². The van der Waals surface area contributed by atoms with Crippen LogP contribution in [0.25, 0.3) is 78.6 Å². The molecule has 0 amide bonds. The number of hydrogen-bond donors (Lipinski definition) is 0. The lowest BCUT2D eigenvalue weighted by molar-refractivity contribution is 0.795. The standard InChI is InChI=1S/C42H31N5O/c1-46-37-24-22-32(27-38(37)47(2)42(46)48)31-19-12-20-33(25-31)40-43-39(30-17-10-5-11-18-30)44-41(45-40)34-21-23-35(28-13-6-3-7-14-28)36(26-34)29-15-8-4-9-16-29/h3-27H,1-2H3. The first-order chi connectivity index (χ1) is 23.5. The molecule has 230 valence electrons. The molecule has 6 heteroatoms. The van der Waals surface area contributed by atoms with Crippen LogP contribution in [0.4, 0.5) is 0 Å². The molecule has 0 atom stereocenters. The van der Waals surface area contributed by atoms with E-state index in [1.54, 1.807) is 23.2 Å². The second-order valence-electron chi connectivity index (χ2n) is 11.8. The van der Waals surface area contributed by atoms with Gasteiger partial charge in [0.1, 0.15) is 0 Å². The Labute approximate surface area is 278 Å². The monoisotopic (exact) mass is 621 g/mol. The smallest absolute Gasteiger partial charge is 0.295 e. The van der Waals surface area contributed by atoms with Crippen molar-refractivity contribution in [3.63, 3.8) is 0 Å². The Kier molecular flexibility index (Phi) is 7.31. The summed E-state index contributed by atoms with van der Waals surface area (Å²) >= 11 is 0. The van der Waals surface area contributed by atoms with Crippen molar-refractivity contribution >= 4 is 11.0 Å². The molecule has 0 aliphatic heterocycles. The summed E-state index contributed by atoms with van der Waals surface area (Å²) in [5.41, 5.74) is 11.0. The molecule has 0 saturated heterocycles. The molecular weight excluding hydrogens is 590 g/mol. The van der Waals surface area contributed by atoms with Gasteiger partial charge in [0.2, 0.25) is 0 Å². The highest BCUT2D eigenvalue weighted by Crippen LogP contribution is 2.36. The van der Waals surface area contributed by atoms with Crippen LogP contribution < -0.4 is 5.69 Å². The molecule has 0 bridgehead atoms. The van der Waals surface area contributed by atoms with Crippen LogP contribution in [0.5, 0.6) is 0 Å². The highest BCUT2D eigenvalue weighted by Gasteiger charge is 2.16. The van der Waals surface area contributed by atoms with Crippen LogP contribution in [-0.4, -0.2) is 24.1 Å². The Morgan fingerprint density at radius 3 is 1.48 bits per heavy atom. The number of hydrogen-bond acceptors (Lipinski definition) is 4. The van der Waals surface area contributed by atoms with E-state index in [1.807, 2.05) is 60.7 Å². The summed E-state index contributed by atoms with van der Waals surface area (Å²) in [4.78, 5) is 27.7. The molecule has 2 aromatic heterocycles. The van der Waals surface area contributed by atoms with Gasteiger partial charge in [-0.3, -0.25) is 9.13 Å². The molecule has 2 heterocycles. The molecule has 0 unspecified atom stereocenters. The zero-order chi connectivity index (χ0) is 32.6. The lowest BCUT2D eigenvalue weighted by Gasteiger charge is -2.14. The largest absolute Gasteiger partial charge is 0.328 e. The molecule has 0 aliphatic rings. The van der Waals surface area contributed by atoms with E-state index in [2.05, 4.69) is 91.0 Å². The molecule has 0 N–H and O–H groups in total. The van der Waals surface area contributed by atoms with Crippen LogP contribution in [0.15, 0.2) is 156 Å². The summed E-state index contributed by atoms with van der Waals surface area (Å²) in [6.07, 6.45) is 0. The van der Waals surface area contributed by atoms with Crippen LogP contribution in [0.1, 0.15) is 0 Å². The van der Waals surface area contributed by atoms with Gasteiger partial charge >= 0.3 is 5.69 Å². The van der Waals surface area contributed by atoms with Gasteiger partial charge in [-0.2, -0.15) is 0 Å². The molecule has 0 aliphatic carbocycles. The number of aryl methyl sites for hydroxylation is 2. The molecule has 48 heavy (non-hydrogen) atoms. The van der Waals surface area contributed by atoms with Gasteiger partial charge in [0.05, 0.1) is 11.0 Å². The molecule has 6 nitrogen and oxygen atoms in total. The molecule has 0 radical (unpaired) electrons. The lowest BCUT2D eigenvalue weighted by Crippen LogP contribution is -2.19. The van der Waals surface area contributed by atoms with E-state index in [4.69, 9.17) is 15.0 Å². The Bertz CT molecular complexity index is 2480. The van der Waals surface area contributed by atoms with Crippen molar-refractivity contribution in [1.29, 1.82) is 0 Å². The minimum Gasteiger partial charge on any atom is -0.295 e. The Morgan fingerprint density at radius 1 is 0.375 bits per heavy atom. The first-order valence-corrected chi connectivity index (χ1v) is 15.9. The zero-order valence-corrected chi connectivity index (χ0v) is 26.6. The van der Waals surface area contributed by atoms with Crippen molar-refractivity contribution in [1.82, 2.24) is 24.1 Å². The predicted molar refractivity (Wildman–Crippen MR) is 194 cm³/mol. The van der Waals surface area contributed by atoms with E-state index in [1.165, 1.54) is 0 Å². The maximum absolute atomic E-state index is 12.6. The van der Waals surface area contributed by atoms with Gasteiger partial charge in [-0.05, 0) is 57.6 Å². The van der Waals surface area contributed by atoms with Gasteiger partial charge in [0, 0.05) is 30.8 Å².